The number of ether oxygens (including phenoxy) is 1. The number of hydrogen-bond acceptors (Lipinski definition) is 23. The smallest absolute Gasteiger partial charge is 0.480 e. The summed E-state index contributed by atoms with van der Waals surface area (Å²) in [5.74, 6) is -8.99. The second-order valence-electron chi connectivity index (χ2n) is 24.5. The van der Waals surface area contributed by atoms with Gasteiger partial charge < -0.3 is 60.9 Å². The summed E-state index contributed by atoms with van der Waals surface area (Å²) in [7, 11) is 0. The van der Waals surface area contributed by atoms with Crippen LogP contribution in [0.25, 0.3) is 50.6 Å². The van der Waals surface area contributed by atoms with Gasteiger partial charge in [0.1, 0.15) is 12.1 Å². The Kier molecular flexibility index (Phi) is 28.1. The molecule has 4 fully saturated rings. The standard InChI is InChI=1S/C23H21ClN6O3.C19H21ClN6O5.C19H19ClN6O4.3C2HF3O2/c24-16-8-4-5-9-17(16)30-19-20(26-22(30)28-12-10-25-11-13-28)29(23(33)27-21(19)32)14-18(31)15-6-2-1-3-7-15;20-11-3-1-2-4-12(11)25-14-15(22-18(25)24-8-6-21-7-9-24)26(19(31)23-16(14)28)13(5-10-27)17(29)30;20-11-3-1-2-4-12(11)25-14-15(22-18(25)24-8-6-21-7-9-24)26(19(29)23-16(14)27)13-5-10-30-17(13)28;3*3-2(4,5)1(6)7/h1-9,25H,10-14H2,(H,27,32,33);1-4,13,21,27H,5-10H2,(H,29,30)(H,23,28,31);1-4,13,21H,5-10H2,(H,23,27,29);3*(H,6,7). The molecule has 11 N–H and O–H groups in total. The number of nitrogens with one attached hydrogen (secondary N) is 6. The summed E-state index contributed by atoms with van der Waals surface area (Å²) in [4.78, 5) is 167. The molecular formula is C67H64Cl3F9N18O18. The SMILES string of the molecule is O=C(Cn1c(=O)[nH]c(=O)c2c1nc(N1CCNCC1)n2-c1ccccc1Cl)c1ccccc1.O=C(O)C(CCO)n1c(=O)[nH]c(=O)c2c1nc(N1CCNCC1)n2-c1ccccc1Cl.O=C(O)C(F)(F)F.O=C(O)C(F)(F)F.O=C(O)C(F)(F)F.O=C1OCCC1n1c(=O)[nH]c(=O)c2c1nc(N1CCNCC1)n2-c1ccccc1Cl. The van der Waals surface area contributed by atoms with Gasteiger partial charge in [0.15, 0.2) is 39.3 Å². The average Bonchev–Trinajstić information content (AvgIpc) is 1.60. The number of cyclic esters (lactones) is 1. The maximum atomic E-state index is 13.0. The summed E-state index contributed by atoms with van der Waals surface area (Å²) in [5.41, 5.74) is -1.56. The molecule has 0 radical (unpaired) electrons. The highest BCUT2D eigenvalue weighted by Crippen LogP contribution is 2.35. The Morgan fingerprint density at radius 2 is 0.817 bits per heavy atom. The van der Waals surface area contributed by atoms with Crippen molar-refractivity contribution >= 4 is 122 Å². The fourth-order valence-corrected chi connectivity index (χ4v) is 12.5. The van der Waals surface area contributed by atoms with Crippen molar-refractivity contribution in [3.05, 3.63) is 186 Å². The lowest BCUT2D eigenvalue weighted by molar-refractivity contribution is -0.193. The predicted molar refractivity (Wildman–Crippen MR) is 393 cm³/mol. The Morgan fingerprint density at radius 3 is 1.17 bits per heavy atom. The largest absolute Gasteiger partial charge is 0.490 e. The molecule has 36 nitrogen and oxygen atoms in total. The highest BCUT2D eigenvalue weighted by molar-refractivity contribution is 6.33. The molecular weight excluding hydrogens is 1620 g/mol. The summed E-state index contributed by atoms with van der Waals surface area (Å²) in [6, 6.07) is 27.6. The number of benzene rings is 4. The van der Waals surface area contributed by atoms with Crippen molar-refractivity contribution in [3.8, 4) is 17.1 Å². The first kappa shape index (κ1) is 86.8. The first-order valence-electron chi connectivity index (χ1n) is 33.8. The number of carbonyl (C=O) groups excluding carboxylic acids is 2. The lowest BCUT2D eigenvalue weighted by atomic mass is 10.1. The van der Waals surface area contributed by atoms with Crippen molar-refractivity contribution in [3.63, 3.8) is 0 Å². The zero-order valence-electron chi connectivity index (χ0n) is 58.9. The number of ketones is 1. The minimum Gasteiger partial charge on any atom is -0.480 e. The van der Waals surface area contributed by atoms with Crippen molar-refractivity contribution in [1.29, 1.82) is 0 Å². The Labute approximate surface area is 650 Å². The lowest BCUT2D eigenvalue weighted by Gasteiger charge is -2.28. The molecule has 10 aromatic rings. The number of Topliss-reactive ketones (excluding diaryl/α,β-unsaturated/α-hetero) is 1. The van der Waals surface area contributed by atoms with Crippen LogP contribution in [-0.4, -0.2) is 229 Å². The van der Waals surface area contributed by atoms with E-state index in [4.69, 9.17) is 79.2 Å². The molecule has 0 aliphatic carbocycles. The predicted octanol–water partition coefficient (Wildman–Crippen LogP) is 4.09. The first-order valence-corrected chi connectivity index (χ1v) is 34.9. The zero-order valence-corrected chi connectivity index (χ0v) is 61.2. The van der Waals surface area contributed by atoms with Gasteiger partial charge in [-0.3, -0.25) is 61.5 Å². The van der Waals surface area contributed by atoms with E-state index in [2.05, 4.69) is 35.9 Å². The van der Waals surface area contributed by atoms with E-state index < -0.39 is 101 Å². The molecule has 10 heterocycles. The summed E-state index contributed by atoms with van der Waals surface area (Å²) in [5, 5.41) is 51.4. The van der Waals surface area contributed by atoms with E-state index in [0.29, 0.717) is 114 Å². The molecule has 6 aromatic heterocycles. The topological polar surface area (TPSA) is 477 Å². The van der Waals surface area contributed by atoms with Gasteiger partial charge in [-0.2, -0.15) is 54.5 Å². The molecule has 14 rings (SSSR count). The van der Waals surface area contributed by atoms with Crippen LogP contribution in [0.4, 0.5) is 57.4 Å². The highest BCUT2D eigenvalue weighted by Gasteiger charge is 2.41. The number of aliphatic hydroxyl groups is 1. The third kappa shape index (κ3) is 20.3. The van der Waals surface area contributed by atoms with Crippen molar-refractivity contribution in [2.45, 2.75) is 50.0 Å². The minimum absolute atomic E-state index is 0.00502. The van der Waals surface area contributed by atoms with Crippen molar-refractivity contribution in [2.75, 3.05) is 106 Å². The Hall–Kier alpha value is -12.2. The number of alkyl halides is 9. The monoisotopic (exact) mass is 1680 g/mol. The van der Waals surface area contributed by atoms with E-state index in [0.717, 1.165) is 30.7 Å². The Balaban J connectivity index is 0.000000175. The van der Waals surface area contributed by atoms with Crippen LogP contribution in [0.3, 0.4) is 0 Å². The number of carbonyl (C=O) groups is 6. The number of carboxylic acids is 4. The number of H-pyrrole nitrogens is 3. The fourth-order valence-electron chi connectivity index (χ4n) is 11.9. The van der Waals surface area contributed by atoms with E-state index in [1.54, 1.807) is 98.6 Å². The number of aliphatic hydroxyl groups excluding tert-OH is 1. The molecule has 614 valence electrons. The lowest BCUT2D eigenvalue weighted by Crippen LogP contribution is -2.44. The molecule has 2 atom stereocenters. The van der Waals surface area contributed by atoms with Gasteiger partial charge in [-0.1, -0.05) is 102 Å². The normalized spacial score (nSPS) is 15.3. The fraction of sp³-hybridized carbons (Fsp3) is 0.328. The number of hydrogen-bond donors (Lipinski definition) is 11. The van der Waals surface area contributed by atoms with Crippen LogP contribution in [0.1, 0.15) is 35.3 Å². The van der Waals surface area contributed by atoms with Crippen LogP contribution in [0, 0.1) is 0 Å². The zero-order chi connectivity index (χ0) is 84.1. The summed E-state index contributed by atoms with van der Waals surface area (Å²) < 4.78 is 108. The average molecular weight is 1690 g/mol. The second kappa shape index (κ2) is 37.2. The number of rotatable bonds is 14. The van der Waals surface area contributed by atoms with Gasteiger partial charge in [0, 0.05) is 104 Å². The van der Waals surface area contributed by atoms with Gasteiger partial charge in [0.2, 0.25) is 17.8 Å². The maximum Gasteiger partial charge on any atom is 0.490 e. The summed E-state index contributed by atoms with van der Waals surface area (Å²) >= 11 is 19.4. The van der Waals surface area contributed by atoms with Crippen LogP contribution in [0.15, 0.2) is 132 Å². The minimum atomic E-state index is -5.08. The quantitative estimate of drug-likeness (QED) is 0.0415. The molecule has 48 heteroatoms. The van der Waals surface area contributed by atoms with E-state index >= 15 is 0 Å². The second-order valence-corrected chi connectivity index (χ2v) is 25.7. The Morgan fingerprint density at radius 1 is 0.478 bits per heavy atom. The number of esters is 1. The van der Waals surface area contributed by atoms with Gasteiger partial charge in [0.25, 0.3) is 16.7 Å². The molecule has 2 unspecified atom stereocenters. The van der Waals surface area contributed by atoms with Gasteiger partial charge in [-0.25, -0.2) is 38.4 Å². The van der Waals surface area contributed by atoms with Crippen LogP contribution in [0.5, 0.6) is 0 Å². The Bertz CT molecular complexity index is 5590. The maximum absolute atomic E-state index is 13.0. The third-order valence-electron chi connectivity index (χ3n) is 17.0. The van der Waals surface area contributed by atoms with E-state index in [1.165, 1.54) is 9.13 Å². The number of aliphatic carboxylic acids is 4. The van der Waals surface area contributed by atoms with Crippen LogP contribution in [0.2, 0.25) is 15.1 Å². The van der Waals surface area contributed by atoms with Crippen molar-refractivity contribution < 1.29 is 98.6 Å². The summed E-state index contributed by atoms with van der Waals surface area (Å²) in [6.45, 7) is 7.75. The number of aromatic nitrogens is 12. The number of anilines is 3. The summed E-state index contributed by atoms with van der Waals surface area (Å²) in [6.07, 6.45) is -15.1. The number of aromatic amines is 3. The molecule has 4 saturated heterocycles. The molecule has 0 saturated carbocycles. The molecule has 4 aliphatic heterocycles. The molecule has 115 heavy (non-hydrogen) atoms. The number of para-hydroxylation sites is 3. The molecule has 0 spiro atoms. The molecule has 4 aromatic carbocycles. The van der Waals surface area contributed by atoms with Crippen LogP contribution < -0.4 is 64.4 Å². The number of imidazole rings is 3. The van der Waals surface area contributed by atoms with Crippen LogP contribution >= 0.6 is 34.8 Å². The van der Waals surface area contributed by atoms with Gasteiger partial charge >= 0.3 is 65.4 Å². The number of piperazine rings is 3. The van der Waals surface area contributed by atoms with Gasteiger partial charge in [-0.15, -0.1) is 0 Å². The molecule has 0 bridgehead atoms. The number of nitrogens with zero attached hydrogens (tertiary/aromatic N) is 12. The third-order valence-corrected chi connectivity index (χ3v) is 18.0. The van der Waals surface area contributed by atoms with Gasteiger partial charge in [-0.05, 0) is 36.4 Å². The first-order chi connectivity index (χ1) is 54.4. The van der Waals surface area contributed by atoms with Crippen LogP contribution in [-0.2, 0) is 35.3 Å². The van der Waals surface area contributed by atoms with E-state index in [1.807, 2.05) is 32.9 Å². The highest BCUT2D eigenvalue weighted by atomic mass is 35.5. The van der Waals surface area contributed by atoms with Crippen molar-refractivity contribution in [2.24, 2.45) is 0 Å². The van der Waals surface area contributed by atoms with E-state index in [-0.39, 0.29) is 58.8 Å². The number of fused-ring (bicyclic) bond motifs is 3. The van der Waals surface area contributed by atoms with Crippen molar-refractivity contribution in [1.82, 2.24) is 73.3 Å². The number of carboxylic acid groups (broad SMARTS) is 4. The molecule has 4 aliphatic rings. The van der Waals surface area contributed by atoms with E-state index in [9.17, 15) is 92.9 Å². The number of halogens is 12. The van der Waals surface area contributed by atoms with Gasteiger partial charge in [0.05, 0.1) is 45.3 Å². The molecule has 0 amide bonds.